The second kappa shape index (κ2) is 10.3. The highest BCUT2D eigenvalue weighted by Crippen LogP contribution is 2.32. The highest BCUT2D eigenvalue weighted by atomic mass is 32.1. The van der Waals surface area contributed by atoms with E-state index in [1.54, 1.807) is 39.5 Å². The van der Waals surface area contributed by atoms with Gasteiger partial charge >= 0.3 is 0 Å². The first-order valence-electron chi connectivity index (χ1n) is 10.5. The number of para-hydroxylation sites is 2. The predicted molar refractivity (Wildman–Crippen MR) is 135 cm³/mol. The monoisotopic (exact) mass is 476 g/mol. The van der Waals surface area contributed by atoms with Crippen molar-refractivity contribution in [3.05, 3.63) is 83.6 Å². The van der Waals surface area contributed by atoms with Crippen LogP contribution in [0.3, 0.4) is 0 Å². The van der Waals surface area contributed by atoms with Crippen LogP contribution in [0.25, 0.3) is 6.08 Å². The van der Waals surface area contributed by atoms with Crippen LogP contribution in [0, 0.1) is 0 Å². The molecule has 1 aliphatic heterocycles. The van der Waals surface area contributed by atoms with Crippen LogP contribution in [-0.2, 0) is 11.4 Å². The number of rotatable bonds is 8. The highest BCUT2D eigenvalue weighted by Gasteiger charge is 2.33. The van der Waals surface area contributed by atoms with Crippen molar-refractivity contribution in [1.82, 2.24) is 5.32 Å². The molecule has 34 heavy (non-hydrogen) atoms. The van der Waals surface area contributed by atoms with Crippen molar-refractivity contribution in [1.29, 1.82) is 0 Å². The molecule has 4 rings (SSSR count). The number of ether oxygens (including phenoxy) is 4. The number of carbonyl (C=O) groups is 1. The first-order chi connectivity index (χ1) is 16.5. The van der Waals surface area contributed by atoms with E-state index in [0.717, 1.165) is 16.9 Å². The minimum Gasteiger partial charge on any atom is -0.497 e. The summed E-state index contributed by atoms with van der Waals surface area (Å²) >= 11 is 5.43. The predicted octanol–water partition coefficient (Wildman–Crippen LogP) is 4.55. The minimum absolute atomic E-state index is 0.263. The SMILES string of the molecule is COc1ccc(OCc2cc(/C=C3/NC(=S)N(c4ccccc4OC)C3=O)ccc2OC)cc1. The van der Waals surface area contributed by atoms with Gasteiger partial charge in [0, 0.05) is 5.56 Å². The van der Waals surface area contributed by atoms with Crippen LogP contribution in [0.4, 0.5) is 5.69 Å². The average Bonchev–Trinajstić information content (AvgIpc) is 3.15. The Morgan fingerprint density at radius 3 is 2.29 bits per heavy atom. The lowest BCUT2D eigenvalue weighted by Gasteiger charge is -2.17. The van der Waals surface area contributed by atoms with Crippen molar-refractivity contribution in [3.63, 3.8) is 0 Å². The molecule has 0 unspecified atom stereocenters. The Hall–Kier alpha value is -4.04. The first-order valence-corrected chi connectivity index (χ1v) is 10.9. The van der Waals surface area contributed by atoms with Crippen LogP contribution in [0.1, 0.15) is 11.1 Å². The molecule has 8 heteroatoms. The van der Waals surface area contributed by atoms with Crippen LogP contribution >= 0.6 is 12.2 Å². The molecular formula is C26H24N2O5S. The van der Waals surface area contributed by atoms with Crippen molar-refractivity contribution in [2.75, 3.05) is 26.2 Å². The normalized spacial score (nSPS) is 14.2. The lowest BCUT2D eigenvalue weighted by atomic mass is 10.1. The summed E-state index contributed by atoms with van der Waals surface area (Å²) in [5, 5.41) is 3.30. The topological polar surface area (TPSA) is 69.3 Å². The standard InChI is InChI=1S/C26H24N2O5S/c1-30-19-9-11-20(12-10-19)33-16-18-14-17(8-13-23(18)31-2)15-21-25(29)28(26(34)27-21)22-6-4-5-7-24(22)32-3/h4-15H,16H2,1-3H3,(H,27,34)/b21-15+. The third kappa shape index (κ3) is 4.82. The molecule has 0 radical (unpaired) electrons. The van der Waals surface area contributed by atoms with Gasteiger partial charge in [-0.15, -0.1) is 0 Å². The Morgan fingerprint density at radius 2 is 1.59 bits per heavy atom. The van der Waals surface area contributed by atoms with E-state index in [4.69, 9.17) is 31.2 Å². The Labute approximate surface area is 203 Å². The van der Waals surface area contributed by atoms with Gasteiger partial charge in [-0.05, 0) is 72.4 Å². The molecule has 3 aromatic rings. The molecule has 1 saturated heterocycles. The smallest absolute Gasteiger partial charge is 0.281 e. The first kappa shape index (κ1) is 23.1. The van der Waals surface area contributed by atoms with Gasteiger partial charge in [0.2, 0.25) is 0 Å². The molecule has 1 N–H and O–H groups in total. The number of nitrogens with zero attached hydrogens (tertiary/aromatic N) is 1. The van der Waals surface area contributed by atoms with E-state index in [1.165, 1.54) is 4.90 Å². The fourth-order valence-electron chi connectivity index (χ4n) is 3.57. The van der Waals surface area contributed by atoms with Crippen molar-refractivity contribution < 1.29 is 23.7 Å². The summed E-state index contributed by atoms with van der Waals surface area (Å²) in [6.07, 6.45) is 1.75. The zero-order valence-corrected chi connectivity index (χ0v) is 19.8. The van der Waals surface area contributed by atoms with E-state index < -0.39 is 0 Å². The number of methoxy groups -OCH3 is 3. The summed E-state index contributed by atoms with van der Waals surface area (Å²) in [6, 6.07) is 20.2. The van der Waals surface area contributed by atoms with E-state index in [1.807, 2.05) is 54.6 Å². The molecule has 7 nitrogen and oxygen atoms in total. The largest absolute Gasteiger partial charge is 0.497 e. The number of carbonyl (C=O) groups excluding carboxylic acids is 1. The van der Waals surface area contributed by atoms with Crippen molar-refractivity contribution in [2.45, 2.75) is 6.61 Å². The van der Waals surface area contributed by atoms with Gasteiger partial charge in [-0.2, -0.15) is 0 Å². The maximum absolute atomic E-state index is 13.2. The third-order valence-electron chi connectivity index (χ3n) is 5.27. The quantitative estimate of drug-likeness (QED) is 0.378. The van der Waals surface area contributed by atoms with Crippen molar-refractivity contribution in [3.8, 4) is 23.0 Å². The summed E-state index contributed by atoms with van der Waals surface area (Å²) in [7, 11) is 4.78. The Morgan fingerprint density at radius 1 is 0.882 bits per heavy atom. The van der Waals surface area contributed by atoms with Crippen LogP contribution in [0.15, 0.2) is 72.4 Å². The van der Waals surface area contributed by atoms with E-state index in [0.29, 0.717) is 35.2 Å². The Balaban J connectivity index is 1.56. The van der Waals surface area contributed by atoms with Crippen LogP contribution in [0.5, 0.6) is 23.0 Å². The van der Waals surface area contributed by atoms with Gasteiger partial charge in [0.15, 0.2) is 5.11 Å². The molecule has 174 valence electrons. The van der Waals surface area contributed by atoms with Gasteiger partial charge in [0.05, 0.1) is 27.0 Å². The van der Waals surface area contributed by atoms with Crippen molar-refractivity contribution in [2.24, 2.45) is 0 Å². The number of benzene rings is 3. The Bertz CT molecular complexity index is 1240. The molecule has 1 heterocycles. The lowest BCUT2D eigenvalue weighted by Crippen LogP contribution is -2.30. The molecule has 0 bridgehead atoms. The summed E-state index contributed by atoms with van der Waals surface area (Å²) in [5.41, 5.74) is 2.58. The maximum atomic E-state index is 13.2. The molecule has 1 aliphatic rings. The molecule has 1 amide bonds. The van der Waals surface area contributed by atoms with Crippen molar-refractivity contribution >= 4 is 35.0 Å². The number of hydrogen-bond acceptors (Lipinski definition) is 6. The second-order valence-corrected chi connectivity index (χ2v) is 7.72. The van der Waals surface area contributed by atoms with Gasteiger partial charge in [-0.1, -0.05) is 18.2 Å². The number of nitrogens with one attached hydrogen (secondary N) is 1. The van der Waals surface area contributed by atoms with E-state index in [9.17, 15) is 4.79 Å². The fourth-order valence-corrected chi connectivity index (χ4v) is 3.86. The summed E-state index contributed by atoms with van der Waals surface area (Å²) in [5.74, 6) is 2.45. The van der Waals surface area contributed by atoms with Gasteiger partial charge in [-0.25, -0.2) is 4.90 Å². The van der Waals surface area contributed by atoms with E-state index in [-0.39, 0.29) is 11.0 Å². The van der Waals surface area contributed by atoms with Crippen LogP contribution < -0.4 is 29.2 Å². The fraction of sp³-hybridized carbons (Fsp3) is 0.154. The average molecular weight is 477 g/mol. The van der Waals surface area contributed by atoms with E-state index in [2.05, 4.69) is 5.32 Å². The van der Waals surface area contributed by atoms with Crippen LogP contribution in [-0.4, -0.2) is 32.3 Å². The number of amides is 1. The molecule has 3 aromatic carbocycles. The number of hydrogen-bond donors (Lipinski definition) is 1. The summed E-state index contributed by atoms with van der Waals surface area (Å²) in [4.78, 5) is 14.6. The third-order valence-corrected chi connectivity index (χ3v) is 5.56. The van der Waals surface area contributed by atoms with E-state index >= 15 is 0 Å². The number of anilines is 1. The maximum Gasteiger partial charge on any atom is 0.281 e. The Kier molecular flexibility index (Phi) is 6.98. The summed E-state index contributed by atoms with van der Waals surface area (Å²) < 4.78 is 22.0. The zero-order chi connectivity index (χ0) is 24.1. The van der Waals surface area contributed by atoms with Gasteiger partial charge in [0.25, 0.3) is 5.91 Å². The minimum atomic E-state index is -0.263. The second-order valence-electron chi connectivity index (χ2n) is 7.34. The number of thiocarbonyl (C=S) groups is 1. The molecule has 0 spiro atoms. The summed E-state index contributed by atoms with van der Waals surface area (Å²) in [6.45, 7) is 0.291. The highest BCUT2D eigenvalue weighted by molar-refractivity contribution is 7.80. The molecule has 0 saturated carbocycles. The molecule has 0 aliphatic carbocycles. The molecule has 0 aromatic heterocycles. The van der Waals surface area contributed by atoms with Gasteiger partial charge in [-0.3, -0.25) is 4.79 Å². The molecule has 0 atom stereocenters. The lowest BCUT2D eigenvalue weighted by molar-refractivity contribution is -0.113. The van der Waals surface area contributed by atoms with Crippen LogP contribution in [0.2, 0.25) is 0 Å². The molecule has 1 fully saturated rings. The van der Waals surface area contributed by atoms with Gasteiger partial charge in [0.1, 0.15) is 35.3 Å². The zero-order valence-electron chi connectivity index (χ0n) is 19.0. The molecular weight excluding hydrogens is 452 g/mol. The van der Waals surface area contributed by atoms with Gasteiger partial charge < -0.3 is 24.3 Å².